The molecule has 86 valence electrons. The summed E-state index contributed by atoms with van der Waals surface area (Å²) in [6.45, 7) is 2.04. The SMILES string of the molecule is Bc1ccc(C2=CC=C(Br)CC2C(C)=S)cc1. The first-order valence-electron chi connectivity index (χ1n) is 5.71. The molecule has 0 bridgehead atoms. The molecule has 0 nitrogen and oxygen atoms in total. The fourth-order valence-corrected chi connectivity index (χ4v) is 2.74. The number of hydrogen-bond donors (Lipinski definition) is 0. The molecule has 0 saturated carbocycles. The van der Waals surface area contributed by atoms with Crippen LogP contribution in [0.2, 0.25) is 0 Å². The van der Waals surface area contributed by atoms with Gasteiger partial charge in [0.15, 0.2) is 0 Å². The molecule has 0 heterocycles. The Hall–Kier alpha value is -0.665. The van der Waals surface area contributed by atoms with E-state index in [1.54, 1.807) is 0 Å². The summed E-state index contributed by atoms with van der Waals surface area (Å²) in [6.07, 6.45) is 5.29. The van der Waals surface area contributed by atoms with E-state index in [9.17, 15) is 0 Å². The van der Waals surface area contributed by atoms with Crippen molar-refractivity contribution in [3.05, 3.63) is 46.5 Å². The lowest BCUT2D eigenvalue weighted by molar-refractivity contribution is 0.892. The van der Waals surface area contributed by atoms with Gasteiger partial charge < -0.3 is 0 Å². The maximum atomic E-state index is 5.38. The monoisotopic (exact) mass is 304 g/mol. The summed E-state index contributed by atoms with van der Waals surface area (Å²) < 4.78 is 1.22. The molecule has 0 amide bonds. The van der Waals surface area contributed by atoms with Crippen molar-refractivity contribution in [3.8, 4) is 0 Å². The molecule has 0 spiro atoms. The minimum atomic E-state index is 0.354. The number of allylic oxidation sites excluding steroid dienone is 4. The van der Waals surface area contributed by atoms with Gasteiger partial charge in [-0.1, -0.05) is 70.0 Å². The number of rotatable bonds is 2. The van der Waals surface area contributed by atoms with Gasteiger partial charge in [-0.05, 0) is 33.8 Å². The van der Waals surface area contributed by atoms with Crippen molar-refractivity contribution >= 4 is 51.9 Å². The number of hydrogen-bond acceptors (Lipinski definition) is 1. The van der Waals surface area contributed by atoms with Crippen molar-refractivity contribution in [2.24, 2.45) is 5.92 Å². The standard InChI is InChI=1S/C14H14BBrS/c1-9(17)14-8-12(16)6-7-13(14)10-2-4-11(15)5-3-10/h2-7,14H,8,15H2,1H3. The maximum absolute atomic E-state index is 5.38. The van der Waals surface area contributed by atoms with Crippen LogP contribution in [0.15, 0.2) is 40.9 Å². The zero-order chi connectivity index (χ0) is 12.4. The van der Waals surface area contributed by atoms with Crippen LogP contribution in [0, 0.1) is 5.92 Å². The Morgan fingerprint density at radius 3 is 2.53 bits per heavy atom. The minimum absolute atomic E-state index is 0.354. The van der Waals surface area contributed by atoms with Crippen molar-refractivity contribution in [2.45, 2.75) is 13.3 Å². The van der Waals surface area contributed by atoms with Crippen LogP contribution < -0.4 is 5.46 Å². The van der Waals surface area contributed by atoms with Crippen molar-refractivity contribution in [3.63, 3.8) is 0 Å². The second-order valence-electron chi connectivity index (χ2n) is 4.47. The molecule has 0 aromatic heterocycles. The summed E-state index contributed by atoms with van der Waals surface area (Å²) in [6, 6.07) is 8.66. The summed E-state index contributed by atoms with van der Waals surface area (Å²) in [5.41, 5.74) is 3.90. The summed E-state index contributed by atoms with van der Waals surface area (Å²) in [7, 11) is 2.11. The molecule has 0 N–H and O–H groups in total. The van der Waals surface area contributed by atoms with E-state index in [1.165, 1.54) is 21.1 Å². The van der Waals surface area contributed by atoms with E-state index in [4.69, 9.17) is 12.2 Å². The highest BCUT2D eigenvalue weighted by Gasteiger charge is 2.21. The first-order valence-corrected chi connectivity index (χ1v) is 6.92. The van der Waals surface area contributed by atoms with Crippen molar-refractivity contribution in [1.82, 2.24) is 0 Å². The van der Waals surface area contributed by atoms with Crippen LogP contribution in [0.1, 0.15) is 18.9 Å². The van der Waals surface area contributed by atoms with Crippen LogP contribution in [-0.2, 0) is 0 Å². The predicted octanol–water partition coefficient (Wildman–Crippen LogP) is 3.02. The summed E-state index contributed by atoms with van der Waals surface area (Å²) in [5, 5.41) is 0. The van der Waals surface area contributed by atoms with Gasteiger partial charge in [0.05, 0.1) is 0 Å². The molecule has 1 aromatic carbocycles. The second-order valence-corrected chi connectivity index (χ2v) is 6.13. The molecule has 2 rings (SSSR count). The average molecular weight is 305 g/mol. The van der Waals surface area contributed by atoms with Gasteiger partial charge in [0, 0.05) is 5.92 Å². The zero-order valence-electron chi connectivity index (χ0n) is 10.0. The maximum Gasteiger partial charge on any atom is 0.139 e. The zero-order valence-corrected chi connectivity index (χ0v) is 12.4. The third-order valence-electron chi connectivity index (χ3n) is 3.09. The van der Waals surface area contributed by atoms with E-state index in [2.05, 4.69) is 60.2 Å². The number of benzene rings is 1. The summed E-state index contributed by atoms with van der Waals surface area (Å²) in [4.78, 5) is 1.06. The lowest BCUT2D eigenvalue weighted by atomic mass is 9.83. The molecule has 3 heteroatoms. The fraction of sp³-hybridized carbons (Fsp3) is 0.214. The third-order valence-corrected chi connectivity index (χ3v) is 3.97. The molecule has 1 atom stereocenters. The third kappa shape index (κ3) is 2.96. The van der Waals surface area contributed by atoms with Crippen molar-refractivity contribution in [2.75, 3.05) is 0 Å². The summed E-state index contributed by atoms with van der Waals surface area (Å²) >= 11 is 8.95. The lowest BCUT2D eigenvalue weighted by Crippen LogP contribution is -2.14. The molecule has 1 aliphatic carbocycles. The molecule has 0 fully saturated rings. The smallest absolute Gasteiger partial charge is 0.0893 e. The van der Waals surface area contributed by atoms with Crippen LogP contribution in [0.5, 0.6) is 0 Å². The van der Waals surface area contributed by atoms with E-state index in [-0.39, 0.29) is 0 Å². The molecule has 17 heavy (non-hydrogen) atoms. The van der Waals surface area contributed by atoms with Gasteiger partial charge in [-0.25, -0.2) is 0 Å². The van der Waals surface area contributed by atoms with E-state index in [1.807, 2.05) is 6.92 Å². The Morgan fingerprint density at radius 2 is 1.94 bits per heavy atom. The van der Waals surface area contributed by atoms with E-state index >= 15 is 0 Å². The van der Waals surface area contributed by atoms with E-state index in [0.717, 1.165) is 11.3 Å². The van der Waals surface area contributed by atoms with Crippen molar-refractivity contribution in [1.29, 1.82) is 0 Å². The molecule has 0 aliphatic heterocycles. The van der Waals surface area contributed by atoms with Gasteiger partial charge in [0.25, 0.3) is 0 Å². The fourth-order valence-electron chi connectivity index (χ4n) is 2.08. The average Bonchev–Trinajstić information content (AvgIpc) is 2.30. The van der Waals surface area contributed by atoms with E-state index < -0.39 is 0 Å². The van der Waals surface area contributed by atoms with Gasteiger partial charge in [-0.2, -0.15) is 0 Å². The number of halogens is 1. The van der Waals surface area contributed by atoms with Gasteiger partial charge in [0.1, 0.15) is 7.85 Å². The van der Waals surface area contributed by atoms with E-state index in [0.29, 0.717) is 5.92 Å². The molecular weight excluding hydrogens is 291 g/mol. The molecule has 0 saturated heterocycles. The number of thiocarbonyl (C=S) groups is 1. The van der Waals surface area contributed by atoms with Crippen LogP contribution in [0.3, 0.4) is 0 Å². The first kappa shape index (κ1) is 12.8. The summed E-state index contributed by atoms with van der Waals surface area (Å²) in [5.74, 6) is 0.354. The first-order chi connectivity index (χ1) is 8.08. The molecule has 1 unspecified atom stereocenters. The quantitative estimate of drug-likeness (QED) is 0.598. The molecule has 0 radical (unpaired) electrons. The molecule has 1 aromatic rings. The largest absolute Gasteiger partial charge is 0.139 e. The normalized spacial score (nSPS) is 19.5. The van der Waals surface area contributed by atoms with Crippen molar-refractivity contribution < 1.29 is 0 Å². The Kier molecular flexibility index (Phi) is 4.00. The van der Waals surface area contributed by atoms with Gasteiger partial charge in [-0.15, -0.1) is 0 Å². The highest BCUT2D eigenvalue weighted by molar-refractivity contribution is 9.11. The Bertz CT molecular complexity index is 499. The molecule has 1 aliphatic rings. The highest BCUT2D eigenvalue weighted by Crippen LogP contribution is 2.35. The molecular formula is C14H14BBrS. The second kappa shape index (κ2) is 5.32. The predicted molar refractivity (Wildman–Crippen MR) is 86.0 cm³/mol. The van der Waals surface area contributed by atoms with Crippen LogP contribution in [0.25, 0.3) is 5.57 Å². The topological polar surface area (TPSA) is 0 Å². The van der Waals surface area contributed by atoms with Crippen LogP contribution in [-0.4, -0.2) is 12.7 Å². The Labute approximate surface area is 117 Å². The Morgan fingerprint density at radius 1 is 1.29 bits per heavy atom. The van der Waals surface area contributed by atoms with Gasteiger partial charge >= 0.3 is 0 Å². The lowest BCUT2D eigenvalue weighted by Gasteiger charge is -2.23. The van der Waals surface area contributed by atoms with Crippen LogP contribution in [0.4, 0.5) is 0 Å². The van der Waals surface area contributed by atoms with Gasteiger partial charge in [-0.3, -0.25) is 0 Å². The minimum Gasteiger partial charge on any atom is -0.0893 e. The highest BCUT2D eigenvalue weighted by atomic mass is 79.9. The van der Waals surface area contributed by atoms with Crippen LogP contribution >= 0.6 is 28.1 Å². The Balaban J connectivity index is 2.40. The van der Waals surface area contributed by atoms with Gasteiger partial charge in [0.2, 0.25) is 0 Å².